The Labute approximate surface area is 155 Å². The molecule has 1 N–H and O–H groups in total. The summed E-state index contributed by atoms with van der Waals surface area (Å²) in [7, 11) is 4.51. The summed E-state index contributed by atoms with van der Waals surface area (Å²) in [5.41, 5.74) is 3.49. The Bertz CT molecular complexity index is 981. The summed E-state index contributed by atoms with van der Waals surface area (Å²) in [5, 5.41) is 3.39. The largest absolute Gasteiger partial charge is 0.493 e. The van der Waals surface area contributed by atoms with Gasteiger partial charge in [-0.25, -0.2) is 4.98 Å². The maximum atomic E-state index is 12.8. The zero-order valence-electron chi connectivity index (χ0n) is 15.3. The van der Waals surface area contributed by atoms with Gasteiger partial charge in [-0.3, -0.25) is 10.1 Å². The van der Waals surface area contributed by atoms with Crippen molar-refractivity contribution in [3.63, 3.8) is 0 Å². The molecule has 136 valence electrons. The fraction of sp³-hybridized carbons (Fsp3) is 0.263. The minimum atomic E-state index is -0.323. The highest BCUT2D eigenvalue weighted by molar-refractivity contribution is 7.22. The van der Waals surface area contributed by atoms with Gasteiger partial charge in [-0.05, 0) is 43.2 Å². The molecule has 0 aliphatic rings. The van der Waals surface area contributed by atoms with Crippen LogP contribution >= 0.6 is 11.3 Å². The number of hydrogen-bond acceptors (Lipinski definition) is 6. The average molecular weight is 372 g/mol. The number of benzene rings is 2. The van der Waals surface area contributed by atoms with Gasteiger partial charge < -0.3 is 14.2 Å². The van der Waals surface area contributed by atoms with Crippen molar-refractivity contribution in [3.8, 4) is 17.2 Å². The summed E-state index contributed by atoms with van der Waals surface area (Å²) in [6.45, 7) is 4.05. The van der Waals surface area contributed by atoms with E-state index in [1.807, 2.05) is 13.8 Å². The molecule has 7 heteroatoms. The molecule has 0 spiro atoms. The molecule has 0 radical (unpaired) electrons. The van der Waals surface area contributed by atoms with E-state index in [1.54, 1.807) is 12.1 Å². The SMILES string of the molecule is COc1ccc(C(=O)Nc2nc3c(C)cc(C)cc3s2)c(OC)c1OC. The standard InChI is InChI=1S/C19H20N2O4S/c1-10-8-11(2)15-14(9-10)26-19(20-15)21-18(22)12-6-7-13(23-3)17(25-5)16(12)24-4/h6-9H,1-5H3,(H,20,21,22). The van der Waals surface area contributed by atoms with Crippen LogP contribution in [0.2, 0.25) is 0 Å². The average Bonchev–Trinajstić information content (AvgIpc) is 3.02. The summed E-state index contributed by atoms with van der Waals surface area (Å²) in [6.07, 6.45) is 0. The summed E-state index contributed by atoms with van der Waals surface area (Å²) >= 11 is 1.44. The van der Waals surface area contributed by atoms with E-state index in [4.69, 9.17) is 14.2 Å². The minimum Gasteiger partial charge on any atom is -0.493 e. The van der Waals surface area contributed by atoms with Crippen molar-refractivity contribution in [1.29, 1.82) is 0 Å². The summed E-state index contributed by atoms with van der Waals surface area (Å²) in [4.78, 5) is 17.3. The van der Waals surface area contributed by atoms with E-state index in [-0.39, 0.29) is 5.91 Å². The van der Waals surface area contributed by atoms with Gasteiger partial charge >= 0.3 is 0 Å². The summed E-state index contributed by atoms with van der Waals surface area (Å²) in [5.74, 6) is 0.860. The van der Waals surface area contributed by atoms with Crippen molar-refractivity contribution in [2.45, 2.75) is 13.8 Å². The Balaban J connectivity index is 1.97. The zero-order valence-corrected chi connectivity index (χ0v) is 16.1. The third kappa shape index (κ3) is 3.17. The van der Waals surface area contributed by atoms with Gasteiger partial charge in [0.05, 0.1) is 37.1 Å². The molecular formula is C19H20N2O4S. The van der Waals surface area contributed by atoms with E-state index in [9.17, 15) is 4.79 Å². The lowest BCUT2D eigenvalue weighted by atomic mass is 10.1. The fourth-order valence-electron chi connectivity index (χ4n) is 2.87. The molecule has 1 amide bonds. The number of nitrogens with zero attached hydrogens (tertiary/aromatic N) is 1. The number of nitrogens with one attached hydrogen (secondary N) is 1. The van der Waals surface area contributed by atoms with Crippen LogP contribution in [0.15, 0.2) is 24.3 Å². The van der Waals surface area contributed by atoms with E-state index in [0.29, 0.717) is 27.9 Å². The van der Waals surface area contributed by atoms with Gasteiger partial charge in [-0.15, -0.1) is 0 Å². The van der Waals surface area contributed by atoms with E-state index in [2.05, 4.69) is 22.4 Å². The minimum absolute atomic E-state index is 0.317. The topological polar surface area (TPSA) is 69.7 Å². The fourth-order valence-corrected chi connectivity index (χ4v) is 3.91. The van der Waals surface area contributed by atoms with Crippen LogP contribution in [-0.2, 0) is 0 Å². The zero-order chi connectivity index (χ0) is 18.8. The molecule has 0 saturated carbocycles. The number of aryl methyl sites for hydroxylation is 2. The van der Waals surface area contributed by atoms with Crippen LogP contribution in [0.1, 0.15) is 21.5 Å². The molecule has 26 heavy (non-hydrogen) atoms. The van der Waals surface area contributed by atoms with Gasteiger partial charge in [-0.1, -0.05) is 17.4 Å². The lowest BCUT2D eigenvalue weighted by Crippen LogP contribution is -2.13. The number of carbonyl (C=O) groups excluding carboxylic acids is 1. The third-order valence-electron chi connectivity index (χ3n) is 4.00. The van der Waals surface area contributed by atoms with Gasteiger partial charge in [-0.2, -0.15) is 0 Å². The second kappa shape index (κ2) is 7.21. The molecular weight excluding hydrogens is 352 g/mol. The van der Waals surface area contributed by atoms with Crippen molar-refractivity contribution in [3.05, 3.63) is 41.0 Å². The number of hydrogen-bond donors (Lipinski definition) is 1. The molecule has 2 aromatic carbocycles. The first-order chi connectivity index (χ1) is 12.5. The Morgan fingerprint density at radius 3 is 2.42 bits per heavy atom. The second-order valence-corrected chi connectivity index (χ2v) is 6.81. The van der Waals surface area contributed by atoms with Crippen LogP contribution < -0.4 is 19.5 Å². The summed E-state index contributed by atoms with van der Waals surface area (Å²) < 4.78 is 17.0. The smallest absolute Gasteiger partial charge is 0.261 e. The quantitative estimate of drug-likeness (QED) is 0.727. The third-order valence-corrected chi connectivity index (χ3v) is 4.92. The van der Waals surface area contributed by atoms with Crippen molar-refractivity contribution in [2.75, 3.05) is 26.6 Å². The number of aromatic nitrogens is 1. The molecule has 1 heterocycles. The number of rotatable bonds is 5. The van der Waals surface area contributed by atoms with Crippen molar-refractivity contribution >= 4 is 32.6 Å². The molecule has 6 nitrogen and oxygen atoms in total. The van der Waals surface area contributed by atoms with Gasteiger partial charge in [0.15, 0.2) is 16.6 Å². The first kappa shape index (κ1) is 18.0. The molecule has 0 saturated heterocycles. The first-order valence-electron chi connectivity index (χ1n) is 7.96. The second-order valence-electron chi connectivity index (χ2n) is 5.78. The van der Waals surface area contributed by atoms with E-state index >= 15 is 0 Å². The molecule has 0 atom stereocenters. The molecule has 1 aromatic heterocycles. The molecule has 0 aliphatic heterocycles. The maximum absolute atomic E-state index is 12.8. The lowest BCUT2D eigenvalue weighted by molar-refractivity contribution is 0.102. The number of methoxy groups -OCH3 is 3. The highest BCUT2D eigenvalue weighted by Crippen LogP contribution is 2.40. The van der Waals surface area contributed by atoms with Gasteiger partial charge in [0.2, 0.25) is 5.75 Å². The van der Waals surface area contributed by atoms with Gasteiger partial charge in [0.25, 0.3) is 5.91 Å². The molecule has 3 rings (SSSR count). The normalized spacial score (nSPS) is 10.7. The number of anilines is 1. The van der Waals surface area contributed by atoms with E-state index in [1.165, 1.54) is 32.7 Å². The van der Waals surface area contributed by atoms with Gasteiger partial charge in [0.1, 0.15) is 0 Å². The number of amides is 1. The Hall–Kier alpha value is -2.80. The Morgan fingerprint density at radius 1 is 1.04 bits per heavy atom. The van der Waals surface area contributed by atoms with Crippen LogP contribution in [0.4, 0.5) is 5.13 Å². The van der Waals surface area contributed by atoms with E-state index in [0.717, 1.165) is 21.3 Å². The highest BCUT2D eigenvalue weighted by Gasteiger charge is 2.21. The molecule has 0 unspecified atom stereocenters. The maximum Gasteiger partial charge on any atom is 0.261 e. The van der Waals surface area contributed by atoms with Crippen LogP contribution in [0.5, 0.6) is 17.2 Å². The predicted molar refractivity (Wildman–Crippen MR) is 103 cm³/mol. The van der Waals surface area contributed by atoms with Crippen molar-refractivity contribution in [2.24, 2.45) is 0 Å². The van der Waals surface area contributed by atoms with Gasteiger partial charge in [0, 0.05) is 0 Å². The molecule has 0 fully saturated rings. The Morgan fingerprint density at radius 2 is 1.77 bits per heavy atom. The molecule has 0 aliphatic carbocycles. The highest BCUT2D eigenvalue weighted by atomic mass is 32.1. The first-order valence-corrected chi connectivity index (χ1v) is 8.78. The monoisotopic (exact) mass is 372 g/mol. The van der Waals surface area contributed by atoms with Crippen molar-refractivity contribution < 1.29 is 19.0 Å². The van der Waals surface area contributed by atoms with E-state index < -0.39 is 0 Å². The number of thiazole rings is 1. The molecule has 3 aromatic rings. The summed E-state index contributed by atoms with van der Waals surface area (Å²) in [6, 6.07) is 7.44. The predicted octanol–water partition coefficient (Wildman–Crippen LogP) is 4.19. The van der Waals surface area contributed by atoms with Crippen LogP contribution in [0, 0.1) is 13.8 Å². The van der Waals surface area contributed by atoms with Crippen LogP contribution in [0.3, 0.4) is 0 Å². The lowest BCUT2D eigenvalue weighted by Gasteiger charge is -2.15. The van der Waals surface area contributed by atoms with Crippen LogP contribution in [-0.4, -0.2) is 32.2 Å². The number of fused-ring (bicyclic) bond motifs is 1. The number of ether oxygens (including phenoxy) is 3. The Kier molecular flexibility index (Phi) is 4.99. The van der Waals surface area contributed by atoms with Crippen molar-refractivity contribution in [1.82, 2.24) is 4.98 Å². The molecule has 0 bridgehead atoms. The number of carbonyl (C=O) groups is 1. The van der Waals surface area contributed by atoms with Crippen LogP contribution in [0.25, 0.3) is 10.2 Å².